The molecule has 1 aromatic carbocycles. The first-order valence-electron chi connectivity index (χ1n) is 10.2. The minimum Gasteiger partial charge on any atom is -0.412 e. The molecule has 2 N–H and O–H groups in total. The average molecular weight is 407 g/mol. The van der Waals surface area contributed by atoms with Gasteiger partial charge in [0.05, 0.1) is 9.40 Å². The Hall–Kier alpha value is -1.16. The van der Waals surface area contributed by atoms with Gasteiger partial charge in [-0.05, 0) is 59.2 Å². The van der Waals surface area contributed by atoms with Gasteiger partial charge >= 0.3 is 0 Å². The van der Waals surface area contributed by atoms with Gasteiger partial charge < -0.3 is 5.48 Å². The summed E-state index contributed by atoms with van der Waals surface area (Å²) in [6, 6.07) is 4.57. The number of thiophene rings is 2. The summed E-state index contributed by atoms with van der Waals surface area (Å²) in [4.78, 5) is 0. The van der Waals surface area contributed by atoms with Gasteiger partial charge in [-0.1, -0.05) is 72.5 Å². The van der Waals surface area contributed by atoms with Crippen LogP contribution in [0.5, 0.6) is 0 Å². The summed E-state index contributed by atoms with van der Waals surface area (Å²) in [6.07, 6.45) is 7.67. The smallest absolute Gasteiger partial charge is 0.0527 e. The van der Waals surface area contributed by atoms with Crippen LogP contribution < -0.4 is 0 Å². The van der Waals surface area contributed by atoms with E-state index in [4.69, 9.17) is 0 Å². The lowest BCUT2D eigenvalue weighted by atomic mass is 9.92. The number of allylic oxidation sites excluding steroid dienone is 1. The van der Waals surface area contributed by atoms with Gasteiger partial charge in [0, 0.05) is 5.39 Å². The van der Waals surface area contributed by atoms with Crippen molar-refractivity contribution >= 4 is 48.4 Å². The molecule has 1 nitrogen and oxygen atoms in total. The predicted molar refractivity (Wildman–Crippen MR) is 131 cm³/mol. The monoisotopic (exact) mass is 406 g/mol. The molecule has 3 aromatic rings. The van der Waals surface area contributed by atoms with Crippen molar-refractivity contribution in [1.29, 1.82) is 0 Å². The Labute approximate surface area is 174 Å². The lowest BCUT2D eigenvalue weighted by Crippen LogP contribution is -1.94. The molecule has 0 fully saturated rings. The lowest BCUT2D eigenvalue weighted by Gasteiger charge is -2.13. The van der Waals surface area contributed by atoms with Crippen molar-refractivity contribution in [3.8, 4) is 0 Å². The Morgan fingerprint density at radius 1 is 0.852 bits per heavy atom. The van der Waals surface area contributed by atoms with E-state index in [2.05, 4.69) is 57.2 Å². The van der Waals surface area contributed by atoms with Gasteiger partial charge in [0.1, 0.15) is 0 Å². The number of unbranched alkanes of at least 4 members (excludes halogenated alkanes) is 3. The Kier molecular flexibility index (Phi) is 13.3. The van der Waals surface area contributed by atoms with Crippen LogP contribution in [-0.2, 0) is 6.42 Å². The van der Waals surface area contributed by atoms with Gasteiger partial charge in [-0.3, -0.25) is 0 Å². The van der Waals surface area contributed by atoms with Crippen LogP contribution in [0.4, 0.5) is 0 Å². The minimum absolute atomic E-state index is 0. The maximum atomic E-state index is 4.24. The Balaban J connectivity index is 0.000000861. The highest BCUT2D eigenvalue weighted by atomic mass is 32.1. The molecule has 0 atom stereocenters. The maximum absolute atomic E-state index is 4.24. The zero-order valence-electron chi connectivity index (χ0n) is 18.1. The van der Waals surface area contributed by atoms with E-state index >= 15 is 0 Å². The highest BCUT2D eigenvalue weighted by Crippen LogP contribution is 2.41. The highest BCUT2D eigenvalue weighted by Gasteiger charge is 2.16. The second-order valence-electron chi connectivity index (χ2n) is 6.42. The van der Waals surface area contributed by atoms with E-state index in [1.807, 2.05) is 36.5 Å². The van der Waals surface area contributed by atoms with Gasteiger partial charge in [-0.25, -0.2) is 0 Å². The molecule has 0 aliphatic carbocycles. The van der Waals surface area contributed by atoms with Crippen LogP contribution in [0, 0.1) is 0 Å². The summed E-state index contributed by atoms with van der Waals surface area (Å²) in [5.74, 6) is 0. The third kappa shape index (κ3) is 6.44. The Morgan fingerprint density at radius 2 is 1.37 bits per heavy atom. The SMILES string of the molecule is C=C(C)c1c(CCCCC)c2ccsc2c2sccc12.CC.CCCC.O. The Morgan fingerprint density at radius 3 is 1.85 bits per heavy atom. The van der Waals surface area contributed by atoms with Crippen molar-refractivity contribution in [3.63, 3.8) is 0 Å². The van der Waals surface area contributed by atoms with E-state index in [9.17, 15) is 0 Å². The van der Waals surface area contributed by atoms with Crippen molar-refractivity contribution in [2.75, 3.05) is 0 Å². The summed E-state index contributed by atoms with van der Waals surface area (Å²) in [5.41, 5.74) is 4.13. The largest absolute Gasteiger partial charge is 0.412 e. The van der Waals surface area contributed by atoms with Crippen LogP contribution in [0.3, 0.4) is 0 Å². The first-order valence-corrected chi connectivity index (χ1v) is 12.0. The molecule has 0 aliphatic rings. The number of aryl methyl sites for hydroxylation is 1. The maximum Gasteiger partial charge on any atom is 0.0527 e. The van der Waals surface area contributed by atoms with Gasteiger partial charge in [0.15, 0.2) is 0 Å². The molecular formula is C24H38OS2. The van der Waals surface area contributed by atoms with Crippen LogP contribution >= 0.6 is 22.7 Å². The van der Waals surface area contributed by atoms with Crippen LogP contribution in [0.15, 0.2) is 29.5 Å². The van der Waals surface area contributed by atoms with Crippen molar-refractivity contribution in [2.24, 2.45) is 0 Å². The molecule has 0 aliphatic heterocycles. The molecule has 152 valence electrons. The lowest BCUT2D eigenvalue weighted by molar-refractivity contribution is 0.719. The van der Waals surface area contributed by atoms with Crippen molar-refractivity contribution < 1.29 is 5.48 Å². The van der Waals surface area contributed by atoms with E-state index in [0.29, 0.717) is 0 Å². The summed E-state index contributed by atoms with van der Waals surface area (Å²) in [6.45, 7) is 17.0. The van der Waals surface area contributed by atoms with E-state index in [1.165, 1.54) is 75.4 Å². The van der Waals surface area contributed by atoms with Gasteiger partial charge in [0.25, 0.3) is 0 Å². The first kappa shape index (κ1) is 25.8. The van der Waals surface area contributed by atoms with Gasteiger partial charge in [0.2, 0.25) is 0 Å². The second kappa shape index (κ2) is 13.9. The molecule has 0 radical (unpaired) electrons. The topological polar surface area (TPSA) is 31.5 Å². The summed E-state index contributed by atoms with van der Waals surface area (Å²) in [7, 11) is 0. The standard InChI is InChI=1S/C18H20S2.C4H10.C2H6.H2O/c1-4-5-6-7-13-14-8-10-19-17(14)18-15(9-11-20-18)16(13)12(2)3;1-3-4-2;1-2;/h8-11H,2,4-7H2,1,3H3;3-4H2,1-2H3;1-2H3;1H2. The number of hydrogen-bond acceptors (Lipinski definition) is 2. The first-order chi connectivity index (χ1) is 12.7. The summed E-state index contributed by atoms with van der Waals surface area (Å²) in [5, 5.41) is 7.31. The molecule has 0 saturated carbocycles. The molecule has 0 saturated heterocycles. The molecule has 3 heteroatoms. The highest BCUT2D eigenvalue weighted by molar-refractivity contribution is 7.25. The normalized spacial score (nSPS) is 9.85. The molecule has 0 bridgehead atoms. The fourth-order valence-electron chi connectivity index (χ4n) is 3.00. The molecule has 0 unspecified atom stereocenters. The summed E-state index contributed by atoms with van der Waals surface area (Å²) >= 11 is 3.74. The van der Waals surface area contributed by atoms with E-state index in [-0.39, 0.29) is 5.48 Å². The summed E-state index contributed by atoms with van der Waals surface area (Å²) < 4.78 is 2.90. The number of rotatable bonds is 6. The van der Waals surface area contributed by atoms with E-state index < -0.39 is 0 Å². The number of benzene rings is 1. The number of hydrogen-bond donors (Lipinski definition) is 0. The van der Waals surface area contributed by atoms with E-state index in [0.717, 1.165) is 0 Å². The van der Waals surface area contributed by atoms with Crippen LogP contribution in [-0.4, -0.2) is 5.48 Å². The molecule has 3 rings (SSSR count). The average Bonchev–Trinajstić information content (AvgIpc) is 3.32. The fourth-order valence-corrected chi connectivity index (χ4v) is 5.02. The fraction of sp³-hybridized carbons (Fsp3) is 0.500. The van der Waals surface area contributed by atoms with Crippen LogP contribution in [0.25, 0.3) is 25.7 Å². The molecule has 2 aromatic heterocycles. The minimum atomic E-state index is 0. The van der Waals surface area contributed by atoms with Crippen LogP contribution in [0.2, 0.25) is 0 Å². The van der Waals surface area contributed by atoms with Crippen LogP contribution in [0.1, 0.15) is 84.8 Å². The van der Waals surface area contributed by atoms with Crippen molar-refractivity contribution in [2.45, 2.75) is 80.1 Å². The zero-order chi connectivity index (χ0) is 19.5. The van der Waals surface area contributed by atoms with Crippen molar-refractivity contribution in [1.82, 2.24) is 0 Å². The Bertz CT molecular complexity index is 793. The molecular weight excluding hydrogens is 368 g/mol. The molecule has 2 heterocycles. The number of fused-ring (bicyclic) bond motifs is 3. The molecule has 27 heavy (non-hydrogen) atoms. The quantitative estimate of drug-likeness (QED) is 0.366. The van der Waals surface area contributed by atoms with E-state index in [1.54, 1.807) is 0 Å². The predicted octanol–water partition coefficient (Wildman–Crippen LogP) is 8.89. The molecule has 0 amide bonds. The third-order valence-electron chi connectivity index (χ3n) is 4.39. The van der Waals surface area contributed by atoms with Crippen molar-refractivity contribution in [3.05, 3.63) is 40.6 Å². The van der Waals surface area contributed by atoms with Gasteiger partial charge in [-0.15, -0.1) is 22.7 Å². The molecule has 0 spiro atoms. The second-order valence-corrected chi connectivity index (χ2v) is 8.25. The zero-order valence-corrected chi connectivity index (χ0v) is 19.7. The third-order valence-corrected chi connectivity index (χ3v) is 6.38. The van der Waals surface area contributed by atoms with Gasteiger partial charge in [-0.2, -0.15) is 0 Å².